The Kier molecular flexibility index (Phi) is 5.93. The lowest BCUT2D eigenvalue weighted by molar-refractivity contribution is 0.279. The van der Waals surface area contributed by atoms with E-state index in [-0.39, 0.29) is 0 Å². The van der Waals surface area contributed by atoms with Gasteiger partial charge in [-0.25, -0.2) is 0 Å². The lowest BCUT2D eigenvalue weighted by Crippen LogP contribution is -2.41. The summed E-state index contributed by atoms with van der Waals surface area (Å²) in [5, 5.41) is 0.340. The van der Waals surface area contributed by atoms with Crippen molar-refractivity contribution >= 4 is 24.2 Å². The first-order valence-electron chi connectivity index (χ1n) is 5.45. The van der Waals surface area contributed by atoms with Gasteiger partial charge in [0.05, 0.1) is 0 Å². The summed E-state index contributed by atoms with van der Waals surface area (Å²) in [6.07, 6.45) is 2.37. The number of alkyl halides is 1. The Bertz CT molecular complexity index is 161. The van der Waals surface area contributed by atoms with Crippen LogP contribution in [0.3, 0.4) is 0 Å². The molecular formula is C11H25BrOSi. The highest BCUT2D eigenvalue weighted by atomic mass is 79.9. The Balaban J connectivity index is 3.78. The number of hydrogen-bond acceptors (Lipinski definition) is 1. The Hall–Kier alpha value is 0.657. The summed E-state index contributed by atoms with van der Waals surface area (Å²) in [6, 6.07) is 0. The molecule has 1 atom stereocenters. The Labute approximate surface area is 98.9 Å². The fourth-order valence-electron chi connectivity index (χ4n) is 0.908. The Morgan fingerprint density at radius 2 is 1.79 bits per heavy atom. The van der Waals surface area contributed by atoms with Crippen LogP contribution in [-0.2, 0) is 4.43 Å². The largest absolute Gasteiger partial charge is 0.417 e. The molecule has 0 aromatic rings. The van der Waals surface area contributed by atoms with Crippen LogP contribution in [0.2, 0.25) is 18.1 Å². The van der Waals surface area contributed by atoms with Crippen molar-refractivity contribution in [2.75, 3.05) is 6.61 Å². The molecule has 0 N–H and O–H groups in total. The highest BCUT2D eigenvalue weighted by Gasteiger charge is 2.36. The Morgan fingerprint density at radius 1 is 1.29 bits per heavy atom. The number of halogens is 1. The monoisotopic (exact) mass is 280 g/mol. The maximum Gasteiger partial charge on any atom is 0.191 e. The van der Waals surface area contributed by atoms with Crippen molar-refractivity contribution in [2.24, 2.45) is 0 Å². The topological polar surface area (TPSA) is 9.23 Å². The second-order valence-electron chi connectivity index (χ2n) is 5.53. The van der Waals surface area contributed by atoms with E-state index in [9.17, 15) is 0 Å². The molecule has 0 radical (unpaired) electrons. The van der Waals surface area contributed by atoms with Crippen molar-refractivity contribution in [1.82, 2.24) is 0 Å². The molecule has 86 valence electrons. The van der Waals surface area contributed by atoms with Crippen LogP contribution in [-0.4, -0.2) is 19.8 Å². The van der Waals surface area contributed by atoms with E-state index in [0.29, 0.717) is 9.87 Å². The van der Waals surface area contributed by atoms with Crippen LogP contribution >= 0.6 is 15.9 Å². The van der Waals surface area contributed by atoms with E-state index in [2.05, 4.69) is 56.7 Å². The molecule has 0 spiro atoms. The zero-order chi connectivity index (χ0) is 11.4. The standard InChI is InChI=1S/C11H25BrOSi/c1-10(12)8-7-9-13-14(5,6)11(2,3)4/h10H,7-9H2,1-6H3. The third-order valence-electron chi connectivity index (χ3n) is 3.02. The van der Waals surface area contributed by atoms with Crippen molar-refractivity contribution < 1.29 is 4.43 Å². The first-order chi connectivity index (χ1) is 6.17. The summed E-state index contributed by atoms with van der Waals surface area (Å²) in [7, 11) is -1.49. The molecule has 0 aromatic carbocycles. The van der Waals surface area contributed by atoms with Crippen LogP contribution in [0.15, 0.2) is 0 Å². The average molecular weight is 281 g/mol. The van der Waals surface area contributed by atoms with Crippen LogP contribution in [0.25, 0.3) is 0 Å². The van der Waals surface area contributed by atoms with Gasteiger partial charge in [0.1, 0.15) is 0 Å². The summed E-state index contributed by atoms with van der Waals surface area (Å²) >= 11 is 3.55. The Morgan fingerprint density at radius 3 is 2.14 bits per heavy atom. The maximum absolute atomic E-state index is 6.06. The summed E-state index contributed by atoms with van der Waals surface area (Å²) in [4.78, 5) is 0.616. The summed E-state index contributed by atoms with van der Waals surface area (Å²) in [6.45, 7) is 14.6. The molecule has 0 bridgehead atoms. The second kappa shape index (κ2) is 5.66. The predicted octanol–water partition coefficient (Wildman–Crippen LogP) is 4.57. The molecule has 1 nitrogen and oxygen atoms in total. The molecule has 0 aromatic heterocycles. The van der Waals surface area contributed by atoms with Gasteiger partial charge in [-0.3, -0.25) is 0 Å². The van der Waals surface area contributed by atoms with Crippen LogP contribution in [0.4, 0.5) is 0 Å². The van der Waals surface area contributed by atoms with Crippen molar-refractivity contribution in [2.45, 2.75) is 63.5 Å². The van der Waals surface area contributed by atoms with E-state index < -0.39 is 8.32 Å². The van der Waals surface area contributed by atoms with Gasteiger partial charge in [-0.15, -0.1) is 0 Å². The SMILES string of the molecule is CC(Br)CCCO[Si](C)(C)C(C)(C)C. The fourth-order valence-corrected chi connectivity index (χ4v) is 2.32. The smallest absolute Gasteiger partial charge is 0.191 e. The molecule has 0 amide bonds. The molecule has 0 heterocycles. The van der Waals surface area contributed by atoms with Gasteiger partial charge in [0.2, 0.25) is 0 Å². The summed E-state index contributed by atoms with van der Waals surface area (Å²) in [5.41, 5.74) is 0. The van der Waals surface area contributed by atoms with Gasteiger partial charge in [0.25, 0.3) is 0 Å². The molecule has 0 aliphatic heterocycles. The lowest BCUT2D eigenvalue weighted by atomic mass is 10.2. The van der Waals surface area contributed by atoms with Crippen molar-refractivity contribution in [3.8, 4) is 0 Å². The van der Waals surface area contributed by atoms with E-state index in [1.54, 1.807) is 0 Å². The maximum atomic E-state index is 6.06. The van der Waals surface area contributed by atoms with Gasteiger partial charge in [0, 0.05) is 11.4 Å². The molecule has 3 heteroatoms. The first kappa shape index (κ1) is 14.7. The van der Waals surface area contributed by atoms with Crippen LogP contribution in [0.5, 0.6) is 0 Å². The van der Waals surface area contributed by atoms with E-state index in [1.807, 2.05) is 0 Å². The zero-order valence-corrected chi connectivity index (χ0v) is 13.1. The quantitative estimate of drug-likeness (QED) is 0.407. The molecule has 0 saturated heterocycles. The fraction of sp³-hybridized carbons (Fsp3) is 1.00. The van der Waals surface area contributed by atoms with Gasteiger partial charge < -0.3 is 4.43 Å². The van der Waals surface area contributed by atoms with Crippen LogP contribution in [0.1, 0.15) is 40.5 Å². The molecule has 0 saturated carbocycles. The van der Waals surface area contributed by atoms with E-state index in [0.717, 1.165) is 6.61 Å². The van der Waals surface area contributed by atoms with Gasteiger partial charge >= 0.3 is 0 Å². The molecule has 0 aliphatic carbocycles. The molecular weight excluding hydrogens is 256 g/mol. The predicted molar refractivity (Wildman–Crippen MR) is 70.8 cm³/mol. The number of rotatable bonds is 5. The normalized spacial score (nSPS) is 15.6. The van der Waals surface area contributed by atoms with Gasteiger partial charge in [-0.05, 0) is 31.0 Å². The highest BCUT2D eigenvalue weighted by Crippen LogP contribution is 2.36. The van der Waals surface area contributed by atoms with Gasteiger partial charge in [-0.1, -0.05) is 43.6 Å². The minimum Gasteiger partial charge on any atom is -0.417 e. The molecule has 1 unspecified atom stereocenters. The summed E-state index contributed by atoms with van der Waals surface area (Å²) in [5.74, 6) is 0. The van der Waals surface area contributed by atoms with E-state index in [4.69, 9.17) is 4.43 Å². The third-order valence-corrected chi connectivity index (χ3v) is 8.01. The van der Waals surface area contributed by atoms with Crippen molar-refractivity contribution in [3.05, 3.63) is 0 Å². The van der Waals surface area contributed by atoms with E-state index in [1.165, 1.54) is 12.8 Å². The first-order valence-corrected chi connectivity index (χ1v) is 9.27. The molecule has 0 rings (SSSR count). The summed E-state index contributed by atoms with van der Waals surface area (Å²) < 4.78 is 6.06. The molecule has 0 fully saturated rings. The highest BCUT2D eigenvalue weighted by molar-refractivity contribution is 9.09. The number of hydrogen-bond donors (Lipinski definition) is 0. The second-order valence-corrected chi connectivity index (χ2v) is 11.9. The zero-order valence-electron chi connectivity index (χ0n) is 10.5. The minimum atomic E-state index is -1.49. The molecule has 14 heavy (non-hydrogen) atoms. The molecule has 0 aliphatic rings. The lowest BCUT2D eigenvalue weighted by Gasteiger charge is -2.36. The van der Waals surface area contributed by atoms with Gasteiger partial charge in [0.15, 0.2) is 8.32 Å². The van der Waals surface area contributed by atoms with Crippen molar-refractivity contribution in [1.29, 1.82) is 0 Å². The third kappa shape index (κ3) is 5.52. The average Bonchev–Trinajstić information content (AvgIpc) is 1.95. The minimum absolute atomic E-state index is 0.340. The van der Waals surface area contributed by atoms with E-state index >= 15 is 0 Å². The van der Waals surface area contributed by atoms with Crippen molar-refractivity contribution in [3.63, 3.8) is 0 Å². The van der Waals surface area contributed by atoms with Gasteiger partial charge in [-0.2, -0.15) is 0 Å². The van der Waals surface area contributed by atoms with Crippen LogP contribution < -0.4 is 0 Å². The van der Waals surface area contributed by atoms with Crippen LogP contribution in [0, 0.1) is 0 Å².